The molecule has 0 fully saturated rings. The molecule has 9 heteroatoms. The molecule has 1 aromatic carbocycles. The fourth-order valence-electron chi connectivity index (χ4n) is 1.25. The quantitative estimate of drug-likeness (QED) is 0.284. The number of anilines is 1. The summed E-state index contributed by atoms with van der Waals surface area (Å²) in [5, 5.41) is 15.3. The van der Waals surface area contributed by atoms with Crippen molar-refractivity contribution in [2.45, 2.75) is 6.42 Å². The van der Waals surface area contributed by atoms with Crippen LogP contribution in [-0.2, 0) is 9.59 Å². The first-order valence-electron chi connectivity index (χ1n) is 5.54. The molecule has 7 nitrogen and oxygen atoms in total. The number of carbonyl (C=O) groups excluding carboxylic acids is 2. The SMILES string of the molecule is O=C(NCCCCl)C(=O)Nc1cc([N+](=O)[O-])ccc1Cl. The Balaban J connectivity index is 2.72. The molecule has 2 amide bonds. The van der Waals surface area contributed by atoms with Crippen molar-refractivity contribution in [2.75, 3.05) is 17.7 Å². The highest BCUT2D eigenvalue weighted by atomic mass is 35.5. The van der Waals surface area contributed by atoms with Crippen LogP contribution in [0.2, 0.25) is 5.02 Å². The number of nitro benzene ring substituents is 1. The average molecular weight is 320 g/mol. The zero-order valence-electron chi connectivity index (χ0n) is 10.2. The molecular formula is C11H11Cl2N3O4. The van der Waals surface area contributed by atoms with Crippen molar-refractivity contribution in [2.24, 2.45) is 0 Å². The molecule has 0 radical (unpaired) electrons. The van der Waals surface area contributed by atoms with Gasteiger partial charge in [-0.15, -0.1) is 11.6 Å². The number of hydrogen-bond donors (Lipinski definition) is 2. The Bertz CT molecular complexity index is 536. The summed E-state index contributed by atoms with van der Waals surface area (Å²) in [5.41, 5.74) is -0.245. The molecule has 2 N–H and O–H groups in total. The van der Waals surface area contributed by atoms with Crippen LogP contribution >= 0.6 is 23.2 Å². The highest BCUT2D eigenvalue weighted by Crippen LogP contribution is 2.26. The molecule has 1 rings (SSSR count). The second-order valence-electron chi connectivity index (χ2n) is 3.67. The smallest absolute Gasteiger partial charge is 0.313 e. The van der Waals surface area contributed by atoms with Crippen molar-refractivity contribution < 1.29 is 14.5 Å². The number of hydrogen-bond acceptors (Lipinski definition) is 4. The molecule has 0 heterocycles. The summed E-state index contributed by atoms with van der Waals surface area (Å²) in [6.07, 6.45) is 0.526. The molecule has 0 atom stereocenters. The molecule has 0 aliphatic rings. The lowest BCUT2D eigenvalue weighted by molar-refractivity contribution is -0.384. The molecule has 108 valence electrons. The molecule has 1 aromatic rings. The number of amides is 2. The number of alkyl halides is 1. The molecule has 0 aromatic heterocycles. The Morgan fingerprint density at radius 2 is 2.00 bits per heavy atom. The largest absolute Gasteiger partial charge is 0.348 e. The van der Waals surface area contributed by atoms with Gasteiger partial charge < -0.3 is 10.6 Å². The van der Waals surface area contributed by atoms with Crippen molar-refractivity contribution in [1.82, 2.24) is 5.32 Å². The molecule has 0 bridgehead atoms. The Morgan fingerprint density at radius 3 is 2.60 bits per heavy atom. The maximum Gasteiger partial charge on any atom is 0.313 e. The molecule has 0 aliphatic carbocycles. The lowest BCUT2D eigenvalue weighted by atomic mass is 10.2. The van der Waals surface area contributed by atoms with Gasteiger partial charge in [-0.1, -0.05) is 11.6 Å². The van der Waals surface area contributed by atoms with Gasteiger partial charge in [-0.2, -0.15) is 0 Å². The maximum absolute atomic E-state index is 11.6. The van der Waals surface area contributed by atoms with Gasteiger partial charge in [0.15, 0.2) is 0 Å². The van der Waals surface area contributed by atoms with E-state index in [1.165, 1.54) is 12.1 Å². The van der Waals surface area contributed by atoms with Crippen molar-refractivity contribution in [1.29, 1.82) is 0 Å². The van der Waals surface area contributed by atoms with E-state index in [0.29, 0.717) is 12.3 Å². The second-order valence-corrected chi connectivity index (χ2v) is 4.46. The number of benzene rings is 1. The minimum Gasteiger partial charge on any atom is -0.348 e. The molecule has 0 spiro atoms. The van der Waals surface area contributed by atoms with Crippen LogP contribution in [0, 0.1) is 10.1 Å². The standard InChI is InChI=1S/C11H11Cl2N3O4/c12-4-1-5-14-10(17)11(18)15-9-6-7(16(19)20)2-3-8(9)13/h2-3,6H,1,4-5H2,(H,14,17)(H,15,18). The van der Waals surface area contributed by atoms with Crippen molar-refractivity contribution in [3.8, 4) is 0 Å². The predicted molar refractivity (Wildman–Crippen MR) is 75.1 cm³/mol. The topological polar surface area (TPSA) is 101 Å². The predicted octanol–water partition coefficient (Wildman–Crippen LogP) is 1.93. The van der Waals surface area contributed by atoms with Crippen LogP contribution in [0.4, 0.5) is 11.4 Å². The molecule has 0 saturated carbocycles. The first-order valence-corrected chi connectivity index (χ1v) is 6.46. The first kappa shape index (κ1) is 16.2. The van der Waals surface area contributed by atoms with Crippen molar-refractivity contribution in [3.05, 3.63) is 33.3 Å². The number of halogens is 2. The van der Waals surface area contributed by atoms with Crippen LogP contribution in [-0.4, -0.2) is 29.2 Å². The van der Waals surface area contributed by atoms with Gasteiger partial charge in [-0.05, 0) is 12.5 Å². The summed E-state index contributed by atoms with van der Waals surface area (Å²) in [4.78, 5) is 32.9. The van der Waals surface area contributed by atoms with Crippen LogP contribution in [0.15, 0.2) is 18.2 Å². The van der Waals surface area contributed by atoms with Crippen molar-refractivity contribution >= 4 is 46.4 Å². The number of nitro groups is 1. The van der Waals surface area contributed by atoms with E-state index in [4.69, 9.17) is 23.2 Å². The molecule has 20 heavy (non-hydrogen) atoms. The summed E-state index contributed by atoms with van der Waals surface area (Å²) in [6.45, 7) is 0.262. The molecule has 0 aliphatic heterocycles. The Hall–Kier alpha value is -1.86. The van der Waals surface area contributed by atoms with E-state index in [2.05, 4.69) is 10.6 Å². The zero-order valence-corrected chi connectivity index (χ0v) is 11.7. The summed E-state index contributed by atoms with van der Waals surface area (Å²) >= 11 is 11.2. The van der Waals surface area contributed by atoms with Gasteiger partial charge in [-0.25, -0.2) is 0 Å². The molecular weight excluding hydrogens is 309 g/mol. The Kier molecular flexibility index (Phi) is 6.20. The normalized spacial score (nSPS) is 9.90. The average Bonchev–Trinajstić information content (AvgIpc) is 2.41. The Morgan fingerprint density at radius 1 is 1.30 bits per heavy atom. The highest BCUT2D eigenvalue weighted by molar-refractivity contribution is 6.41. The number of carbonyl (C=O) groups is 2. The van der Waals surface area contributed by atoms with E-state index in [9.17, 15) is 19.7 Å². The van der Waals surface area contributed by atoms with Gasteiger partial charge in [0.1, 0.15) is 0 Å². The van der Waals surface area contributed by atoms with E-state index < -0.39 is 16.7 Å². The zero-order chi connectivity index (χ0) is 15.1. The van der Waals surface area contributed by atoms with E-state index in [1.54, 1.807) is 0 Å². The monoisotopic (exact) mass is 319 g/mol. The lowest BCUT2D eigenvalue weighted by Gasteiger charge is -2.07. The van der Waals surface area contributed by atoms with Gasteiger partial charge >= 0.3 is 11.8 Å². The van der Waals surface area contributed by atoms with Crippen molar-refractivity contribution in [3.63, 3.8) is 0 Å². The third kappa shape index (κ3) is 4.67. The number of nitrogens with one attached hydrogen (secondary N) is 2. The van der Waals surface area contributed by atoms with Crippen LogP contribution in [0.1, 0.15) is 6.42 Å². The van der Waals surface area contributed by atoms with Gasteiger partial charge in [-0.3, -0.25) is 19.7 Å². The van der Waals surface area contributed by atoms with Crippen LogP contribution < -0.4 is 10.6 Å². The minimum absolute atomic E-state index is 0.00152. The van der Waals surface area contributed by atoms with Crippen LogP contribution in [0.3, 0.4) is 0 Å². The summed E-state index contributed by atoms with van der Waals surface area (Å²) in [7, 11) is 0. The number of nitrogens with zero attached hydrogens (tertiary/aromatic N) is 1. The van der Waals surface area contributed by atoms with Crippen LogP contribution in [0.5, 0.6) is 0 Å². The third-order valence-electron chi connectivity index (χ3n) is 2.21. The van der Waals surface area contributed by atoms with E-state index in [0.717, 1.165) is 6.07 Å². The van der Waals surface area contributed by atoms with Gasteiger partial charge in [0.2, 0.25) is 0 Å². The minimum atomic E-state index is -0.957. The van der Waals surface area contributed by atoms with Crippen LogP contribution in [0.25, 0.3) is 0 Å². The number of non-ortho nitro benzene ring substituents is 1. The number of rotatable bonds is 5. The summed E-state index contributed by atoms with van der Waals surface area (Å²) in [5.74, 6) is -1.46. The second kappa shape index (κ2) is 7.66. The molecule has 0 saturated heterocycles. The van der Waals surface area contributed by atoms with E-state index in [-0.39, 0.29) is 22.9 Å². The van der Waals surface area contributed by atoms with Gasteiger partial charge in [0.05, 0.1) is 15.6 Å². The van der Waals surface area contributed by atoms with E-state index in [1.807, 2.05) is 0 Å². The fraction of sp³-hybridized carbons (Fsp3) is 0.273. The molecule has 0 unspecified atom stereocenters. The third-order valence-corrected chi connectivity index (χ3v) is 2.81. The highest BCUT2D eigenvalue weighted by Gasteiger charge is 2.16. The Labute approximate surface area is 124 Å². The van der Waals surface area contributed by atoms with Gasteiger partial charge in [0.25, 0.3) is 5.69 Å². The van der Waals surface area contributed by atoms with Gasteiger partial charge in [0, 0.05) is 24.6 Å². The maximum atomic E-state index is 11.6. The summed E-state index contributed by atoms with van der Waals surface area (Å²) < 4.78 is 0. The summed E-state index contributed by atoms with van der Waals surface area (Å²) in [6, 6.07) is 3.53. The fourth-order valence-corrected chi connectivity index (χ4v) is 1.55. The lowest BCUT2D eigenvalue weighted by Crippen LogP contribution is -2.36. The van der Waals surface area contributed by atoms with E-state index >= 15 is 0 Å². The first-order chi connectivity index (χ1) is 9.45.